The predicted octanol–water partition coefficient (Wildman–Crippen LogP) is 0.664. The maximum absolute atomic E-state index is 12.2. The first-order valence-corrected chi connectivity index (χ1v) is 7.75. The number of thiophene rings is 1. The zero-order valence-corrected chi connectivity index (χ0v) is 13.1. The number of carbonyl (C=O) groups excluding carboxylic acids is 1. The molecule has 0 aromatic carbocycles. The molecule has 3 aromatic heterocycles. The highest BCUT2D eigenvalue weighted by Crippen LogP contribution is 2.19. The van der Waals surface area contributed by atoms with Gasteiger partial charge in [0.15, 0.2) is 0 Å². The SMILES string of the molecule is Cc1ccc(NCCNC(=O)c2sccc2-n2cnnn2)nn1. The highest BCUT2D eigenvalue weighted by molar-refractivity contribution is 7.12. The van der Waals surface area contributed by atoms with Gasteiger partial charge in [-0.05, 0) is 40.9 Å². The van der Waals surface area contributed by atoms with E-state index in [1.807, 2.05) is 24.4 Å². The molecule has 118 valence electrons. The normalized spacial score (nSPS) is 10.5. The number of hydrogen-bond acceptors (Lipinski definition) is 8. The first-order valence-electron chi connectivity index (χ1n) is 6.87. The van der Waals surface area contributed by atoms with Crippen LogP contribution in [-0.2, 0) is 0 Å². The van der Waals surface area contributed by atoms with Gasteiger partial charge in [0.05, 0.1) is 11.4 Å². The van der Waals surface area contributed by atoms with Crippen molar-refractivity contribution in [3.63, 3.8) is 0 Å². The minimum atomic E-state index is -0.165. The first kappa shape index (κ1) is 15.0. The lowest BCUT2D eigenvalue weighted by Crippen LogP contribution is -2.29. The number of rotatable bonds is 6. The minimum Gasteiger partial charge on any atom is -0.367 e. The summed E-state index contributed by atoms with van der Waals surface area (Å²) in [6.07, 6.45) is 1.45. The summed E-state index contributed by atoms with van der Waals surface area (Å²) in [5.74, 6) is 0.512. The molecule has 0 saturated carbocycles. The fraction of sp³-hybridized carbons (Fsp3) is 0.231. The summed E-state index contributed by atoms with van der Waals surface area (Å²) in [5, 5.41) is 26.7. The van der Waals surface area contributed by atoms with Crippen LogP contribution in [0.25, 0.3) is 5.69 Å². The van der Waals surface area contributed by atoms with Crippen LogP contribution in [0.2, 0.25) is 0 Å². The lowest BCUT2D eigenvalue weighted by atomic mass is 10.3. The lowest BCUT2D eigenvalue weighted by Gasteiger charge is -2.07. The Labute approximate surface area is 135 Å². The van der Waals surface area contributed by atoms with Crippen LogP contribution in [0.5, 0.6) is 0 Å². The van der Waals surface area contributed by atoms with E-state index in [0.717, 1.165) is 5.69 Å². The Morgan fingerprint density at radius 1 is 1.26 bits per heavy atom. The van der Waals surface area contributed by atoms with Gasteiger partial charge in [-0.15, -0.1) is 21.5 Å². The van der Waals surface area contributed by atoms with Crippen LogP contribution in [0.15, 0.2) is 29.9 Å². The van der Waals surface area contributed by atoms with Crippen molar-refractivity contribution in [2.75, 3.05) is 18.4 Å². The van der Waals surface area contributed by atoms with Crippen LogP contribution in [0.1, 0.15) is 15.4 Å². The van der Waals surface area contributed by atoms with Gasteiger partial charge in [-0.2, -0.15) is 9.78 Å². The predicted molar refractivity (Wildman–Crippen MR) is 84.6 cm³/mol. The van der Waals surface area contributed by atoms with Gasteiger partial charge >= 0.3 is 0 Å². The molecule has 3 aromatic rings. The number of nitrogens with one attached hydrogen (secondary N) is 2. The van der Waals surface area contributed by atoms with E-state index in [1.165, 1.54) is 22.3 Å². The Morgan fingerprint density at radius 3 is 2.91 bits per heavy atom. The number of tetrazole rings is 1. The van der Waals surface area contributed by atoms with Gasteiger partial charge in [-0.25, -0.2) is 0 Å². The third kappa shape index (κ3) is 3.66. The molecule has 0 bridgehead atoms. The monoisotopic (exact) mass is 330 g/mol. The van der Waals surface area contributed by atoms with Crippen molar-refractivity contribution in [1.29, 1.82) is 0 Å². The van der Waals surface area contributed by atoms with E-state index in [1.54, 1.807) is 6.07 Å². The second-order valence-electron chi connectivity index (χ2n) is 4.63. The van der Waals surface area contributed by atoms with E-state index in [-0.39, 0.29) is 5.91 Å². The zero-order chi connectivity index (χ0) is 16.1. The highest BCUT2D eigenvalue weighted by atomic mass is 32.1. The molecular formula is C13H14N8OS. The second-order valence-corrected chi connectivity index (χ2v) is 5.55. The summed E-state index contributed by atoms with van der Waals surface area (Å²) in [6.45, 7) is 2.89. The molecule has 2 N–H and O–H groups in total. The fourth-order valence-corrected chi connectivity index (χ4v) is 2.66. The Kier molecular flexibility index (Phi) is 4.52. The summed E-state index contributed by atoms with van der Waals surface area (Å²) in [6, 6.07) is 5.52. The van der Waals surface area contributed by atoms with Crippen molar-refractivity contribution >= 4 is 23.1 Å². The number of aromatic nitrogens is 6. The van der Waals surface area contributed by atoms with Crippen molar-refractivity contribution in [3.05, 3.63) is 40.5 Å². The van der Waals surface area contributed by atoms with Crippen molar-refractivity contribution in [2.24, 2.45) is 0 Å². The van der Waals surface area contributed by atoms with E-state index in [0.29, 0.717) is 29.5 Å². The molecule has 23 heavy (non-hydrogen) atoms. The summed E-state index contributed by atoms with van der Waals surface area (Å²) in [7, 11) is 0. The number of nitrogens with zero attached hydrogens (tertiary/aromatic N) is 6. The van der Waals surface area contributed by atoms with Gasteiger partial charge < -0.3 is 10.6 Å². The number of hydrogen-bond donors (Lipinski definition) is 2. The molecule has 3 rings (SSSR count). The standard InChI is InChI=1S/C13H14N8OS/c1-9-2-3-11(18-17-9)14-5-6-15-13(22)12-10(4-7-23-12)21-8-16-19-20-21/h2-4,7-8H,5-6H2,1H3,(H,14,18)(H,15,22). The number of anilines is 1. The van der Waals surface area contributed by atoms with Gasteiger partial charge in [0.25, 0.3) is 5.91 Å². The molecule has 1 amide bonds. The van der Waals surface area contributed by atoms with E-state index in [4.69, 9.17) is 0 Å². The Balaban J connectivity index is 1.52. The molecule has 0 aliphatic carbocycles. The van der Waals surface area contributed by atoms with E-state index < -0.39 is 0 Å². The molecular weight excluding hydrogens is 316 g/mol. The largest absolute Gasteiger partial charge is 0.367 e. The molecule has 10 heteroatoms. The smallest absolute Gasteiger partial charge is 0.263 e. The molecule has 0 saturated heterocycles. The van der Waals surface area contributed by atoms with Crippen LogP contribution in [0.4, 0.5) is 5.82 Å². The van der Waals surface area contributed by atoms with Gasteiger partial charge in [0, 0.05) is 13.1 Å². The van der Waals surface area contributed by atoms with Crippen molar-refractivity contribution < 1.29 is 4.79 Å². The molecule has 3 heterocycles. The fourth-order valence-electron chi connectivity index (χ4n) is 1.86. The van der Waals surface area contributed by atoms with Gasteiger partial charge in [-0.1, -0.05) is 0 Å². The second kappa shape index (κ2) is 6.92. The molecule has 0 unspecified atom stereocenters. The van der Waals surface area contributed by atoms with Crippen LogP contribution in [-0.4, -0.2) is 49.4 Å². The Morgan fingerprint density at radius 2 is 2.17 bits per heavy atom. The first-order chi connectivity index (χ1) is 11.2. The summed E-state index contributed by atoms with van der Waals surface area (Å²) in [4.78, 5) is 12.8. The third-order valence-electron chi connectivity index (χ3n) is 2.96. The Hall–Kier alpha value is -2.88. The summed E-state index contributed by atoms with van der Waals surface area (Å²) in [5.41, 5.74) is 1.52. The lowest BCUT2D eigenvalue weighted by molar-refractivity contribution is 0.0959. The molecule has 9 nitrogen and oxygen atoms in total. The van der Waals surface area contributed by atoms with E-state index in [9.17, 15) is 4.79 Å². The average molecular weight is 330 g/mol. The topological polar surface area (TPSA) is 111 Å². The molecule has 0 atom stereocenters. The van der Waals surface area contributed by atoms with Crippen LogP contribution >= 0.6 is 11.3 Å². The van der Waals surface area contributed by atoms with Gasteiger partial charge in [0.1, 0.15) is 17.0 Å². The van der Waals surface area contributed by atoms with E-state index in [2.05, 4.69) is 36.4 Å². The Bertz CT molecular complexity index is 768. The molecule has 0 spiro atoms. The summed E-state index contributed by atoms with van der Waals surface area (Å²) < 4.78 is 1.46. The number of carbonyl (C=O) groups is 1. The minimum absolute atomic E-state index is 0.165. The molecule has 0 aliphatic rings. The summed E-state index contributed by atoms with van der Waals surface area (Å²) >= 11 is 1.34. The van der Waals surface area contributed by atoms with Gasteiger partial charge in [0.2, 0.25) is 0 Å². The molecule has 0 aliphatic heterocycles. The van der Waals surface area contributed by atoms with Crippen LogP contribution in [0, 0.1) is 6.92 Å². The van der Waals surface area contributed by atoms with Crippen molar-refractivity contribution in [1.82, 2.24) is 35.7 Å². The quantitative estimate of drug-likeness (QED) is 0.639. The van der Waals surface area contributed by atoms with Crippen LogP contribution in [0.3, 0.4) is 0 Å². The van der Waals surface area contributed by atoms with Crippen molar-refractivity contribution in [2.45, 2.75) is 6.92 Å². The van der Waals surface area contributed by atoms with E-state index >= 15 is 0 Å². The average Bonchev–Trinajstić information content (AvgIpc) is 3.23. The maximum Gasteiger partial charge on any atom is 0.263 e. The molecule has 0 radical (unpaired) electrons. The van der Waals surface area contributed by atoms with Gasteiger partial charge in [-0.3, -0.25) is 4.79 Å². The van der Waals surface area contributed by atoms with Crippen molar-refractivity contribution in [3.8, 4) is 5.69 Å². The highest BCUT2D eigenvalue weighted by Gasteiger charge is 2.14. The number of aryl methyl sites for hydroxylation is 1. The van der Waals surface area contributed by atoms with Crippen LogP contribution < -0.4 is 10.6 Å². The number of amides is 1. The zero-order valence-electron chi connectivity index (χ0n) is 12.3. The maximum atomic E-state index is 12.2. The molecule has 0 fully saturated rings. The third-order valence-corrected chi connectivity index (χ3v) is 3.86.